The zero-order valence-corrected chi connectivity index (χ0v) is 10.8. The van der Waals surface area contributed by atoms with E-state index in [0.717, 1.165) is 37.0 Å². The van der Waals surface area contributed by atoms with Crippen LogP contribution in [0.25, 0.3) is 0 Å². The van der Waals surface area contributed by atoms with Crippen LogP contribution in [0.1, 0.15) is 45.4 Å². The Morgan fingerprint density at radius 2 is 2.06 bits per heavy atom. The molecular weight excluding hydrogens is 214 g/mol. The SMILES string of the molecule is C=CCN/C1=C(\C(=O)OCC)CCCCCC1. The van der Waals surface area contributed by atoms with Crippen LogP contribution in [0.2, 0.25) is 0 Å². The smallest absolute Gasteiger partial charge is 0.335 e. The summed E-state index contributed by atoms with van der Waals surface area (Å²) < 4.78 is 5.13. The molecule has 1 aliphatic carbocycles. The summed E-state index contributed by atoms with van der Waals surface area (Å²) in [5.41, 5.74) is 1.90. The van der Waals surface area contributed by atoms with Gasteiger partial charge < -0.3 is 10.1 Å². The van der Waals surface area contributed by atoms with Crippen molar-refractivity contribution in [1.82, 2.24) is 5.32 Å². The van der Waals surface area contributed by atoms with Gasteiger partial charge in [-0.1, -0.05) is 18.9 Å². The standard InChI is InChI=1S/C14H23NO2/c1-3-11-15-13-10-8-6-5-7-9-12(13)14(16)17-4-2/h3,15H,1,4-11H2,2H3/b13-12-. The van der Waals surface area contributed by atoms with E-state index in [1.54, 1.807) is 0 Å². The highest BCUT2D eigenvalue weighted by Gasteiger charge is 2.17. The lowest BCUT2D eigenvalue weighted by Crippen LogP contribution is -2.21. The Hall–Kier alpha value is -1.25. The molecule has 0 saturated carbocycles. The van der Waals surface area contributed by atoms with E-state index in [-0.39, 0.29) is 5.97 Å². The van der Waals surface area contributed by atoms with Crippen LogP contribution in [0.4, 0.5) is 0 Å². The van der Waals surface area contributed by atoms with Gasteiger partial charge in [-0.15, -0.1) is 6.58 Å². The van der Waals surface area contributed by atoms with E-state index in [4.69, 9.17) is 4.74 Å². The second-order valence-corrected chi connectivity index (χ2v) is 4.26. The maximum Gasteiger partial charge on any atom is 0.335 e. The summed E-state index contributed by atoms with van der Waals surface area (Å²) in [6, 6.07) is 0. The fourth-order valence-corrected chi connectivity index (χ4v) is 2.09. The average Bonchev–Trinajstić information content (AvgIpc) is 2.28. The monoisotopic (exact) mass is 237 g/mol. The van der Waals surface area contributed by atoms with Crippen molar-refractivity contribution in [3.05, 3.63) is 23.9 Å². The van der Waals surface area contributed by atoms with Crippen LogP contribution in [0.15, 0.2) is 23.9 Å². The first kappa shape index (κ1) is 13.8. The lowest BCUT2D eigenvalue weighted by Gasteiger charge is -2.18. The van der Waals surface area contributed by atoms with Crippen molar-refractivity contribution in [2.24, 2.45) is 0 Å². The van der Waals surface area contributed by atoms with Gasteiger partial charge in [-0.2, -0.15) is 0 Å². The Labute approximate surface area is 104 Å². The Morgan fingerprint density at radius 1 is 1.35 bits per heavy atom. The molecule has 0 aromatic carbocycles. The van der Waals surface area contributed by atoms with E-state index in [2.05, 4.69) is 11.9 Å². The van der Waals surface area contributed by atoms with Crippen molar-refractivity contribution in [2.45, 2.75) is 45.4 Å². The van der Waals surface area contributed by atoms with Gasteiger partial charge in [0.05, 0.1) is 12.2 Å². The van der Waals surface area contributed by atoms with E-state index in [1.807, 2.05) is 13.0 Å². The molecule has 0 saturated heterocycles. The van der Waals surface area contributed by atoms with Gasteiger partial charge in [0.15, 0.2) is 0 Å². The van der Waals surface area contributed by atoms with Crippen molar-refractivity contribution in [3.8, 4) is 0 Å². The third kappa shape index (κ3) is 4.63. The number of hydrogen-bond acceptors (Lipinski definition) is 3. The van der Waals surface area contributed by atoms with Crippen LogP contribution < -0.4 is 5.32 Å². The predicted molar refractivity (Wildman–Crippen MR) is 69.6 cm³/mol. The summed E-state index contributed by atoms with van der Waals surface area (Å²) in [5.74, 6) is -0.152. The number of carbonyl (C=O) groups is 1. The number of hydrogen-bond donors (Lipinski definition) is 1. The zero-order valence-electron chi connectivity index (χ0n) is 10.8. The Bertz CT molecular complexity index is 295. The molecule has 0 spiro atoms. The molecule has 1 rings (SSSR count). The number of nitrogens with one attached hydrogen (secondary N) is 1. The highest BCUT2D eigenvalue weighted by Crippen LogP contribution is 2.22. The highest BCUT2D eigenvalue weighted by molar-refractivity contribution is 5.89. The van der Waals surface area contributed by atoms with Gasteiger partial charge in [0.25, 0.3) is 0 Å². The molecule has 0 bridgehead atoms. The largest absolute Gasteiger partial charge is 0.463 e. The lowest BCUT2D eigenvalue weighted by molar-refractivity contribution is -0.138. The van der Waals surface area contributed by atoms with Crippen LogP contribution >= 0.6 is 0 Å². The summed E-state index contributed by atoms with van der Waals surface area (Å²) in [7, 11) is 0. The molecule has 96 valence electrons. The first-order valence-corrected chi connectivity index (χ1v) is 6.53. The molecule has 17 heavy (non-hydrogen) atoms. The first-order valence-electron chi connectivity index (χ1n) is 6.53. The third-order valence-corrected chi connectivity index (χ3v) is 2.95. The minimum atomic E-state index is -0.152. The predicted octanol–water partition coefficient (Wildman–Crippen LogP) is 2.93. The quantitative estimate of drug-likeness (QED) is 0.590. The minimum Gasteiger partial charge on any atom is -0.463 e. The highest BCUT2D eigenvalue weighted by atomic mass is 16.5. The molecule has 1 aliphatic rings. The summed E-state index contributed by atoms with van der Waals surface area (Å²) in [4.78, 5) is 11.9. The molecule has 1 N–H and O–H groups in total. The average molecular weight is 237 g/mol. The van der Waals surface area contributed by atoms with Gasteiger partial charge in [0.2, 0.25) is 0 Å². The van der Waals surface area contributed by atoms with Gasteiger partial charge in [0, 0.05) is 12.2 Å². The van der Waals surface area contributed by atoms with Gasteiger partial charge in [0.1, 0.15) is 0 Å². The third-order valence-electron chi connectivity index (χ3n) is 2.95. The van der Waals surface area contributed by atoms with Crippen LogP contribution in [0, 0.1) is 0 Å². The van der Waals surface area contributed by atoms with Gasteiger partial charge in [-0.05, 0) is 32.6 Å². The molecule has 3 heteroatoms. The topological polar surface area (TPSA) is 38.3 Å². The number of allylic oxidation sites excluding steroid dienone is 1. The number of rotatable bonds is 5. The van der Waals surface area contributed by atoms with Gasteiger partial charge >= 0.3 is 5.97 Å². The molecule has 0 radical (unpaired) electrons. The van der Waals surface area contributed by atoms with E-state index >= 15 is 0 Å². The summed E-state index contributed by atoms with van der Waals surface area (Å²) in [5, 5.41) is 3.29. The van der Waals surface area contributed by atoms with Crippen molar-refractivity contribution >= 4 is 5.97 Å². The van der Waals surface area contributed by atoms with Crippen molar-refractivity contribution in [3.63, 3.8) is 0 Å². The fourth-order valence-electron chi connectivity index (χ4n) is 2.09. The zero-order chi connectivity index (χ0) is 12.5. The molecule has 0 unspecified atom stereocenters. The second kappa shape index (κ2) is 7.93. The van der Waals surface area contributed by atoms with E-state index in [9.17, 15) is 4.79 Å². The second-order valence-electron chi connectivity index (χ2n) is 4.26. The molecule has 0 amide bonds. The van der Waals surface area contributed by atoms with E-state index < -0.39 is 0 Å². The maximum absolute atomic E-state index is 11.9. The Kier molecular flexibility index (Phi) is 6.45. The number of carbonyl (C=O) groups excluding carboxylic acids is 1. The molecule has 0 aromatic heterocycles. The first-order chi connectivity index (χ1) is 8.29. The minimum absolute atomic E-state index is 0.152. The fraction of sp³-hybridized carbons (Fsp3) is 0.643. The van der Waals surface area contributed by atoms with Crippen molar-refractivity contribution < 1.29 is 9.53 Å². The normalized spacial score (nSPS) is 21.2. The molecule has 0 fully saturated rings. The summed E-state index contributed by atoms with van der Waals surface area (Å²) in [6.45, 7) is 6.69. The number of esters is 1. The van der Waals surface area contributed by atoms with Crippen LogP contribution in [0.5, 0.6) is 0 Å². The molecule has 0 aliphatic heterocycles. The van der Waals surface area contributed by atoms with E-state index in [1.165, 1.54) is 12.8 Å². The molecular formula is C14H23NO2. The maximum atomic E-state index is 11.9. The molecule has 0 atom stereocenters. The number of ether oxygens (including phenoxy) is 1. The van der Waals surface area contributed by atoms with Crippen molar-refractivity contribution in [2.75, 3.05) is 13.2 Å². The van der Waals surface area contributed by atoms with Crippen molar-refractivity contribution in [1.29, 1.82) is 0 Å². The Balaban J connectivity index is 2.81. The molecule has 0 aromatic rings. The van der Waals surface area contributed by atoms with Crippen LogP contribution in [-0.4, -0.2) is 19.1 Å². The van der Waals surface area contributed by atoms with Crippen LogP contribution in [0.3, 0.4) is 0 Å². The van der Waals surface area contributed by atoms with Gasteiger partial charge in [-0.25, -0.2) is 4.79 Å². The van der Waals surface area contributed by atoms with Gasteiger partial charge in [-0.3, -0.25) is 0 Å². The molecule has 0 heterocycles. The van der Waals surface area contributed by atoms with E-state index in [0.29, 0.717) is 13.2 Å². The Morgan fingerprint density at radius 3 is 2.71 bits per heavy atom. The summed E-state index contributed by atoms with van der Waals surface area (Å²) >= 11 is 0. The summed E-state index contributed by atoms with van der Waals surface area (Å²) in [6.07, 6.45) is 8.26. The van der Waals surface area contributed by atoms with Crippen LogP contribution in [-0.2, 0) is 9.53 Å². The molecule has 3 nitrogen and oxygen atoms in total. The lowest BCUT2D eigenvalue weighted by atomic mass is 9.97.